The van der Waals surface area contributed by atoms with E-state index in [-0.39, 0.29) is 68.4 Å². The van der Waals surface area contributed by atoms with Crippen LogP contribution in [0.25, 0.3) is 0 Å². The van der Waals surface area contributed by atoms with Gasteiger partial charge < -0.3 is 76.8 Å². The molecule has 338 valence electrons. The number of hydrogen-bond acceptors (Lipinski definition) is 15. The number of unbranched alkanes of at least 4 members (excludes halogenated alkanes) is 1. The zero-order valence-electron chi connectivity index (χ0n) is 34.6. The maximum Gasteiger partial charge on any atom is 0.506 e. The Labute approximate surface area is 347 Å². The lowest BCUT2D eigenvalue weighted by Gasteiger charge is -2.38. The summed E-state index contributed by atoms with van der Waals surface area (Å²) < 4.78 is 21.1. The molecular weight excluding hydrogens is 796 g/mol. The second-order valence-electron chi connectivity index (χ2n) is 15.6. The maximum absolute atomic E-state index is 13.4. The molecular formula is C38H60N6O16. The fourth-order valence-electron chi connectivity index (χ4n) is 5.37. The number of nitrogens with one attached hydrogen (secondary N) is 5. The Morgan fingerprint density at radius 2 is 1.53 bits per heavy atom. The largest absolute Gasteiger partial charge is 0.506 e. The molecule has 4 unspecified atom stereocenters. The lowest BCUT2D eigenvalue weighted by atomic mass is 9.93. The van der Waals surface area contributed by atoms with Gasteiger partial charge in [0.05, 0.1) is 23.3 Å². The molecule has 22 heteroatoms. The van der Waals surface area contributed by atoms with Crippen molar-refractivity contribution in [2.45, 2.75) is 129 Å². The molecule has 12 N–H and O–H groups in total. The van der Waals surface area contributed by atoms with E-state index in [0.29, 0.717) is 12.8 Å². The molecule has 0 aliphatic carbocycles. The van der Waals surface area contributed by atoms with Crippen LogP contribution in [-0.2, 0) is 49.6 Å². The van der Waals surface area contributed by atoms with Crippen LogP contribution in [0.1, 0.15) is 79.2 Å². The Kier molecular flexibility index (Phi) is 20.1. The quantitative estimate of drug-likeness (QED) is 0.0467. The summed E-state index contributed by atoms with van der Waals surface area (Å²) in [6, 6.07) is 1.53. The number of carbonyl (C=O) groups excluding carboxylic acids is 5. The van der Waals surface area contributed by atoms with Gasteiger partial charge in [-0.15, -0.1) is 0 Å². The van der Waals surface area contributed by atoms with Crippen molar-refractivity contribution in [3.05, 3.63) is 23.8 Å². The Bertz CT molecular complexity index is 1650. The molecule has 1 heterocycles. The van der Waals surface area contributed by atoms with E-state index in [9.17, 15) is 54.0 Å². The third kappa shape index (κ3) is 16.9. The van der Waals surface area contributed by atoms with E-state index in [4.69, 9.17) is 25.1 Å². The van der Waals surface area contributed by atoms with Crippen molar-refractivity contribution in [2.75, 3.05) is 31.6 Å². The molecule has 1 aromatic carbocycles. The van der Waals surface area contributed by atoms with Crippen molar-refractivity contribution in [3.63, 3.8) is 0 Å². The number of anilines is 1. The van der Waals surface area contributed by atoms with Crippen molar-refractivity contribution in [2.24, 2.45) is 11.1 Å². The molecule has 1 fully saturated rings. The number of aliphatic hydroxyl groups excluding tert-OH is 3. The first-order valence-corrected chi connectivity index (χ1v) is 19.4. The normalized spacial score (nSPS) is 20.1. The van der Waals surface area contributed by atoms with Crippen LogP contribution in [0, 0.1) is 5.41 Å². The number of aliphatic hydroxyl groups is 3. The average molecular weight is 857 g/mol. The van der Waals surface area contributed by atoms with Crippen molar-refractivity contribution in [1.82, 2.24) is 21.3 Å². The number of carbonyl (C=O) groups is 7. The smallest absolute Gasteiger partial charge is 0.479 e. The van der Waals surface area contributed by atoms with Gasteiger partial charge in [0.25, 0.3) is 0 Å². The molecule has 1 aliphatic heterocycles. The summed E-state index contributed by atoms with van der Waals surface area (Å²) in [5, 5.41) is 62.0. The van der Waals surface area contributed by atoms with E-state index >= 15 is 0 Å². The van der Waals surface area contributed by atoms with Gasteiger partial charge in [-0.25, -0.2) is 9.59 Å². The Balaban J connectivity index is 2.14. The highest BCUT2D eigenvalue weighted by atomic mass is 16.7. The Morgan fingerprint density at radius 1 is 0.850 bits per heavy atom. The summed E-state index contributed by atoms with van der Waals surface area (Å²) in [4.78, 5) is 87.0. The number of amides is 5. The van der Waals surface area contributed by atoms with Crippen molar-refractivity contribution < 1.29 is 78.0 Å². The number of aliphatic carboxylic acids is 1. The van der Waals surface area contributed by atoms with Gasteiger partial charge in [-0.1, -0.05) is 13.0 Å². The van der Waals surface area contributed by atoms with E-state index in [1.807, 2.05) is 20.8 Å². The number of rotatable bonds is 23. The van der Waals surface area contributed by atoms with Crippen LogP contribution < -0.4 is 37.1 Å². The fourth-order valence-corrected chi connectivity index (χ4v) is 5.37. The zero-order chi connectivity index (χ0) is 45.4. The summed E-state index contributed by atoms with van der Waals surface area (Å²) in [7, 11) is 0. The predicted molar refractivity (Wildman–Crippen MR) is 210 cm³/mol. The van der Waals surface area contributed by atoms with Gasteiger partial charge in [0.15, 0.2) is 6.10 Å². The van der Waals surface area contributed by atoms with Crippen molar-refractivity contribution >= 4 is 47.3 Å². The van der Waals surface area contributed by atoms with Crippen LogP contribution in [0.3, 0.4) is 0 Å². The molecule has 22 nitrogen and oxygen atoms in total. The minimum absolute atomic E-state index is 0.0867. The molecule has 0 bridgehead atoms. The van der Waals surface area contributed by atoms with Crippen LogP contribution >= 0.6 is 0 Å². The minimum Gasteiger partial charge on any atom is -0.479 e. The summed E-state index contributed by atoms with van der Waals surface area (Å²) in [5.74, 6) is -4.66. The predicted octanol–water partition coefficient (Wildman–Crippen LogP) is -0.937. The van der Waals surface area contributed by atoms with Gasteiger partial charge in [-0.05, 0) is 71.6 Å². The molecule has 0 radical (unpaired) electrons. The van der Waals surface area contributed by atoms with E-state index < -0.39 is 96.2 Å². The van der Waals surface area contributed by atoms with Crippen LogP contribution in [0.2, 0.25) is 0 Å². The lowest BCUT2D eigenvalue weighted by molar-refractivity contribution is -0.271. The third-order valence-electron chi connectivity index (χ3n) is 8.92. The minimum atomic E-state index is -2.00. The summed E-state index contributed by atoms with van der Waals surface area (Å²) in [5.41, 5.74) is 4.56. The standard InChI is InChI=1S/C38H60N6O16/c1-7-25(45)43-23(17-39)32(51)44-21(10-8-9-14-41-35(54)38(5,6)19-58-37(2,3)4)31(50)40-15-13-26(46)42-22-16-20(18-57-36(55)56)11-12-24(22)59-34-29(49)27(47)28(48)30(60-34)33(52)53/h11-12,16,21,23,27-30,34,47-49H,7-10,13-15,17-19,39H2,1-6H3,(H,40,50)(H,41,54)(H,42,46)(H,43,45)(H,44,51)(H,52,53)(H,55,56)/t21-,23?,27?,28-,29+,30?,34?/m0/s1. The van der Waals surface area contributed by atoms with Gasteiger partial charge in [0, 0.05) is 32.5 Å². The summed E-state index contributed by atoms with van der Waals surface area (Å²) >= 11 is 0. The first-order valence-electron chi connectivity index (χ1n) is 19.4. The maximum atomic E-state index is 13.4. The van der Waals surface area contributed by atoms with Gasteiger partial charge in [-0.2, -0.15) is 0 Å². The van der Waals surface area contributed by atoms with Crippen LogP contribution in [0.5, 0.6) is 5.75 Å². The topological polar surface area (TPSA) is 344 Å². The van der Waals surface area contributed by atoms with E-state index in [1.165, 1.54) is 18.2 Å². The number of benzene rings is 1. The van der Waals surface area contributed by atoms with E-state index in [0.717, 1.165) is 0 Å². The number of carboxylic acid groups (broad SMARTS) is 2. The lowest BCUT2D eigenvalue weighted by Crippen LogP contribution is -2.61. The van der Waals surface area contributed by atoms with Crippen molar-refractivity contribution in [1.29, 1.82) is 0 Å². The molecule has 2 rings (SSSR count). The molecule has 1 saturated heterocycles. The second-order valence-corrected chi connectivity index (χ2v) is 15.6. The highest BCUT2D eigenvalue weighted by molar-refractivity contribution is 5.94. The highest BCUT2D eigenvalue weighted by Crippen LogP contribution is 2.31. The number of nitrogens with two attached hydrogens (primary N) is 1. The molecule has 60 heavy (non-hydrogen) atoms. The number of ether oxygens (including phenoxy) is 4. The van der Waals surface area contributed by atoms with Gasteiger partial charge in [0.1, 0.15) is 42.8 Å². The molecule has 1 aromatic rings. The first-order chi connectivity index (χ1) is 28.0. The van der Waals surface area contributed by atoms with Gasteiger partial charge in [-0.3, -0.25) is 24.0 Å². The average Bonchev–Trinajstić information content (AvgIpc) is 3.17. The van der Waals surface area contributed by atoms with Gasteiger partial charge >= 0.3 is 12.1 Å². The van der Waals surface area contributed by atoms with Crippen molar-refractivity contribution in [3.8, 4) is 5.75 Å². The fraction of sp³-hybridized carbons (Fsp3) is 0.658. The van der Waals surface area contributed by atoms with Crippen LogP contribution in [0.15, 0.2) is 18.2 Å². The number of carboxylic acids is 1. The second kappa shape index (κ2) is 23.6. The third-order valence-corrected chi connectivity index (χ3v) is 8.92. The molecule has 7 atom stereocenters. The molecule has 5 amide bonds. The Morgan fingerprint density at radius 3 is 2.13 bits per heavy atom. The van der Waals surface area contributed by atoms with Crippen LogP contribution in [-0.4, -0.2) is 142 Å². The first kappa shape index (κ1) is 51.0. The SMILES string of the molecule is CCC(=O)NC(CN)C(=O)N[C@@H](CCCCNC(=O)C(C)(C)COC(C)(C)C)C(=O)NCCC(=O)Nc1cc(COC(=O)O)ccc1OC1OC(C(=O)O)[C@@H](O)C(O)[C@H]1O. The molecule has 0 saturated carbocycles. The van der Waals surface area contributed by atoms with Crippen LogP contribution in [0.4, 0.5) is 10.5 Å². The molecule has 1 aliphatic rings. The van der Waals surface area contributed by atoms with Gasteiger partial charge in [0.2, 0.25) is 35.8 Å². The highest BCUT2D eigenvalue weighted by Gasteiger charge is 2.48. The van der Waals surface area contributed by atoms with E-state index in [2.05, 4.69) is 31.3 Å². The molecule has 0 spiro atoms. The zero-order valence-corrected chi connectivity index (χ0v) is 34.6. The number of hydrogen-bond donors (Lipinski definition) is 11. The molecule has 0 aromatic heterocycles. The summed E-state index contributed by atoms with van der Waals surface area (Å²) in [6.45, 7) is 10.2. The van der Waals surface area contributed by atoms with E-state index in [1.54, 1.807) is 20.8 Å². The summed E-state index contributed by atoms with van der Waals surface area (Å²) in [6.07, 6.45) is -10.7. The monoisotopic (exact) mass is 856 g/mol. The Hall–Kier alpha value is -5.13.